The van der Waals surface area contributed by atoms with E-state index in [0.717, 1.165) is 13.1 Å². The highest BCUT2D eigenvalue weighted by molar-refractivity contribution is 6.08. The van der Waals surface area contributed by atoms with Gasteiger partial charge in [-0.25, -0.2) is 0 Å². The summed E-state index contributed by atoms with van der Waals surface area (Å²) < 4.78 is 7.11. The van der Waals surface area contributed by atoms with Crippen LogP contribution in [-0.2, 0) is 16.6 Å². The maximum Gasteiger partial charge on any atom is 0.274 e. The van der Waals surface area contributed by atoms with E-state index in [1.165, 1.54) is 9.80 Å². The molecule has 114 valence electrons. The van der Waals surface area contributed by atoms with E-state index in [2.05, 4.69) is 9.88 Å². The minimum atomic E-state index is -0.183. The van der Waals surface area contributed by atoms with Gasteiger partial charge < -0.3 is 19.1 Å². The predicted molar refractivity (Wildman–Crippen MR) is 76.6 cm³/mol. The fourth-order valence-corrected chi connectivity index (χ4v) is 2.67. The lowest BCUT2D eigenvalue weighted by Gasteiger charge is -2.27. The van der Waals surface area contributed by atoms with E-state index in [0.29, 0.717) is 30.7 Å². The molecule has 1 fully saturated rings. The zero-order valence-corrected chi connectivity index (χ0v) is 12.5. The van der Waals surface area contributed by atoms with Crippen molar-refractivity contribution in [1.29, 1.82) is 0 Å². The lowest BCUT2D eigenvalue weighted by atomic mass is 10.3. The molecule has 0 aromatic carbocycles. The van der Waals surface area contributed by atoms with Gasteiger partial charge in [0, 0.05) is 34.2 Å². The molecule has 0 N–H and O–H groups in total. The molecule has 3 rings (SSSR count). The first-order valence-corrected chi connectivity index (χ1v) is 6.92. The van der Waals surface area contributed by atoms with Crippen LogP contribution in [-0.4, -0.2) is 73.2 Å². The first-order valence-electron chi connectivity index (χ1n) is 6.92. The van der Waals surface area contributed by atoms with Gasteiger partial charge in [0.25, 0.3) is 5.91 Å². The monoisotopic (exact) mass is 293 g/mol. The number of carbonyl (C=O) groups excluding carboxylic acids is 2. The molecule has 0 atom stereocenters. The summed E-state index contributed by atoms with van der Waals surface area (Å²) in [4.78, 5) is 34.1. The van der Waals surface area contributed by atoms with Gasteiger partial charge in [-0.1, -0.05) is 0 Å². The average Bonchev–Trinajstić information content (AvgIpc) is 2.80. The standard InChI is InChI=1S/C13H19N5O3/c1-15-8-9(19)16(2)11-10(12(15)20)17(3)13(14-11)18-4-6-21-7-5-18/h4-8H2,1-3H3. The Hall–Kier alpha value is -2.09. The number of anilines is 2. The lowest BCUT2D eigenvalue weighted by Crippen LogP contribution is -2.39. The number of morpholine rings is 1. The van der Waals surface area contributed by atoms with Crippen molar-refractivity contribution in [2.24, 2.45) is 7.05 Å². The first kappa shape index (κ1) is 13.9. The summed E-state index contributed by atoms with van der Waals surface area (Å²) in [5.41, 5.74) is 0.451. The van der Waals surface area contributed by atoms with Crippen LogP contribution in [0, 0.1) is 0 Å². The van der Waals surface area contributed by atoms with Gasteiger partial charge in [0.05, 0.1) is 13.2 Å². The highest BCUT2D eigenvalue weighted by Crippen LogP contribution is 2.28. The van der Waals surface area contributed by atoms with Crippen LogP contribution in [0.3, 0.4) is 0 Å². The van der Waals surface area contributed by atoms with E-state index < -0.39 is 0 Å². The normalized spacial score (nSPS) is 19.9. The van der Waals surface area contributed by atoms with Crippen LogP contribution in [0.4, 0.5) is 11.8 Å². The molecule has 3 heterocycles. The third kappa shape index (κ3) is 2.15. The van der Waals surface area contributed by atoms with Crippen LogP contribution in [0.25, 0.3) is 0 Å². The Morgan fingerprint density at radius 1 is 1.10 bits per heavy atom. The number of rotatable bonds is 1. The van der Waals surface area contributed by atoms with E-state index in [1.807, 2.05) is 7.05 Å². The number of amides is 2. The van der Waals surface area contributed by atoms with Gasteiger partial charge in [0.1, 0.15) is 6.54 Å². The SMILES string of the molecule is CN1CC(=O)N(C)c2nc(N3CCOCC3)n(C)c2C1=O. The number of hydrogen-bond acceptors (Lipinski definition) is 5. The van der Waals surface area contributed by atoms with Gasteiger partial charge in [-0.3, -0.25) is 14.5 Å². The molecule has 0 unspecified atom stereocenters. The van der Waals surface area contributed by atoms with Crippen molar-refractivity contribution in [3.8, 4) is 0 Å². The van der Waals surface area contributed by atoms with Gasteiger partial charge in [-0.2, -0.15) is 4.98 Å². The second-order valence-electron chi connectivity index (χ2n) is 5.36. The molecule has 0 bridgehead atoms. The molecule has 0 radical (unpaired) electrons. The molecular formula is C13H19N5O3. The van der Waals surface area contributed by atoms with Gasteiger partial charge >= 0.3 is 0 Å². The number of carbonyl (C=O) groups is 2. The van der Waals surface area contributed by atoms with Crippen LogP contribution < -0.4 is 9.80 Å². The number of likely N-dealkylation sites (N-methyl/N-ethyl adjacent to an activating group) is 2. The summed E-state index contributed by atoms with van der Waals surface area (Å²) in [6, 6.07) is 0. The number of fused-ring (bicyclic) bond motifs is 1. The van der Waals surface area contributed by atoms with E-state index in [4.69, 9.17) is 4.74 Å². The van der Waals surface area contributed by atoms with Crippen molar-refractivity contribution < 1.29 is 14.3 Å². The van der Waals surface area contributed by atoms with Gasteiger partial charge in [-0.15, -0.1) is 0 Å². The molecule has 1 aromatic rings. The Bertz CT molecular complexity index is 591. The van der Waals surface area contributed by atoms with Crippen LogP contribution in [0.15, 0.2) is 0 Å². The largest absolute Gasteiger partial charge is 0.378 e. The third-order valence-electron chi connectivity index (χ3n) is 3.96. The van der Waals surface area contributed by atoms with Crippen molar-refractivity contribution in [2.45, 2.75) is 0 Å². The molecule has 2 amide bonds. The average molecular weight is 293 g/mol. The molecule has 2 aliphatic rings. The first-order chi connectivity index (χ1) is 10.0. The number of aromatic nitrogens is 2. The number of hydrogen-bond donors (Lipinski definition) is 0. The quantitative estimate of drug-likeness (QED) is 0.685. The van der Waals surface area contributed by atoms with Gasteiger partial charge in [0.2, 0.25) is 11.9 Å². The molecule has 0 aliphatic carbocycles. The second-order valence-corrected chi connectivity index (χ2v) is 5.36. The zero-order valence-electron chi connectivity index (χ0n) is 12.5. The Kier molecular flexibility index (Phi) is 3.32. The highest BCUT2D eigenvalue weighted by Gasteiger charge is 2.34. The van der Waals surface area contributed by atoms with Crippen molar-refractivity contribution >= 4 is 23.6 Å². The van der Waals surface area contributed by atoms with Crippen molar-refractivity contribution in [3.05, 3.63) is 5.69 Å². The smallest absolute Gasteiger partial charge is 0.274 e. The summed E-state index contributed by atoms with van der Waals surface area (Å²) in [6.07, 6.45) is 0. The summed E-state index contributed by atoms with van der Waals surface area (Å²) in [5, 5.41) is 0. The minimum absolute atomic E-state index is 0.0680. The third-order valence-corrected chi connectivity index (χ3v) is 3.96. The van der Waals surface area contributed by atoms with Crippen LogP contribution in [0.1, 0.15) is 10.5 Å². The fourth-order valence-electron chi connectivity index (χ4n) is 2.67. The minimum Gasteiger partial charge on any atom is -0.378 e. The lowest BCUT2D eigenvalue weighted by molar-refractivity contribution is -0.118. The van der Waals surface area contributed by atoms with Crippen LogP contribution in [0.5, 0.6) is 0 Å². The van der Waals surface area contributed by atoms with E-state index >= 15 is 0 Å². The zero-order chi connectivity index (χ0) is 15.1. The maximum atomic E-state index is 12.5. The van der Waals surface area contributed by atoms with Crippen molar-refractivity contribution in [3.63, 3.8) is 0 Å². The molecule has 8 nitrogen and oxygen atoms in total. The fraction of sp³-hybridized carbons (Fsp3) is 0.615. The molecule has 1 saturated heterocycles. The number of nitrogens with zero attached hydrogens (tertiary/aromatic N) is 5. The Morgan fingerprint density at radius 3 is 2.43 bits per heavy atom. The maximum absolute atomic E-state index is 12.5. The molecular weight excluding hydrogens is 274 g/mol. The molecule has 0 saturated carbocycles. The molecule has 2 aliphatic heterocycles. The topological polar surface area (TPSA) is 70.9 Å². The summed E-state index contributed by atoms with van der Waals surface area (Å²) in [7, 11) is 5.10. The van der Waals surface area contributed by atoms with Gasteiger partial charge in [0.15, 0.2) is 11.5 Å². The Morgan fingerprint density at radius 2 is 1.76 bits per heavy atom. The van der Waals surface area contributed by atoms with Crippen molar-refractivity contribution in [2.75, 3.05) is 56.7 Å². The molecule has 21 heavy (non-hydrogen) atoms. The second kappa shape index (κ2) is 5.03. The Balaban J connectivity index is 2.08. The predicted octanol–water partition coefficient (Wildman–Crippen LogP) is -0.695. The van der Waals surface area contributed by atoms with E-state index in [9.17, 15) is 9.59 Å². The summed E-state index contributed by atoms with van der Waals surface area (Å²) in [6.45, 7) is 2.80. The summed E-state index contributed by atoms with van der Waals surface area (Å²) in [5.74, 6) is 0.804. The molecule has 0 spiro atoms. The van der Waals surface area contributed by atoms with E-state index in [-0.39, 0.29) is 18.4 Å². The number of imidazole rings is 1. The molecule has 8 heteroatoms. The summed E-state index contributed by atoms with van der Waals surface area (Å²) >= 11 is 0. The number of ether oxygens (including phenoxy) is 1. The molecule has 1 aromatic heterocycles. The Labute approximate surface area is 122 Å². The van der Waals surface area contributed by atoms with Crippen LogP contribution in [0.2, 0.25) is 0 Å². The highest BCUT2D eigenvalue weighted by atomic mass is 16.5. The van der Waals surface area contributed by atoms with E-state index in [1.54, 1.807) is 18.7 Å². The van der Waals surface area contributed by atoms with Gasteiger partial charge in [-0.05, 0) is 0 Å². The van der Waals surface area contributed by atoms with Crippen molar-refractivity contribution in [1.82, 2.24) is 14.5 Å². The van der Waals surface area contributed by atoms with Crippen LogP contribution >= 0.6 is 0 Å².